The lowest BCUT2D eigenvalue weighted by molar-refractivity contribution is -0.123. The zero-order chi connectivity index (χ0) is 23.9. The van der Waals surface area contributed by atoms with Crippen molar-refractivity contribution in [3.8, 4) is 11.5 Å². The molecule has 4 aromatic rings. The standard InChI is InChI=1S/C27H21BrN2O4/c1-18-7-2-4-10-22(18)27(32)34-24-14-13-21(28)15-20(24)16-29-30-26(31)17-33-25-12-6-9-19-8-3-5-11-23(19)25/h2-16H,17H2,1H3,(H,30,31)/b29-16-. The van der Waals surface area contributed by atoms with Crippen LogP contribution in [0.2, 0.25) is 0 Å². The number of halogens is 1. The second-order valence-electron chi connectivity index (χ2n) is 7.45. The van der Waals surface area contributed by atoms with Crippen LogP contribution in [0, 0.1) is 6.92 Å². The molecule has 0 aromatic heterocycles. The third-order valence-corrected chi connectivity index (χ3v) is 5.53. The molecule has 0 saturated heterocycles. The summed E-state index contributed by atoms with van der Waals surface area (Å²) in [4.78, 5) is 24.9. The number of ether oxygens (including phenoxy) is 2. The SMILES string of the molecule is Cc1ccccc1C(=O)Oc1ccc(Br)cc1/C=N\NC(=O)COc1cccc2ccccc12. The lowest BCUT2D eigenvalue weighted by Crippen LogP contribution is -2.24. The normalized spacial score (nSPS) is 10.9. The predicted molar refractivity (Wildman–Crippen MR) is 135 cm³/mol. The number of fused-ring (bicyclic) bond motifs is 1. The highest BCUT2D eigenvalue weighted by Crippen LogP contribution is 2.25. The number of carbonyl (C=O) groups is 2. The van der Waals surface area contributed by atoms with E-state index in [1.807, 2.05) is 61.5 Å². The molecule has 1 N–H and O–H groups in total. The maximum Gasteiger partial charge on any atom is 0.343 e. The van der Waals surface area contributed by atoms with Crippen LogP contribution < -0.4 is 14.9 Å². The summed E-state index contributed by atoms with van der Waals surface area (Å²) in [6.07, 6.45) is 1.42. The van der Waals surface area contributed by atoms with Crippen molar-refractivity contribution < 1.29 is 19.1 Å². The second-order valence-corrected chi connectivity index (χ2v) is 8.36. The molecule has 6 nitrogen and oxygen atoms in total. The van der Waals surface area contributed by atoms with Crippen LogP contribution in [0.15, 0.2) is 94.5 Å². The highest BCUT2D eigenvalue weighted by atomic mass is 79.9. The van der Waals surface area contributed by atoms with Crippen LogP contribution in [0.3, 0.4) is 0 Å². The monoisotopic (exact) mass is 516 g/mol. The molecule has 0 atom stereocenters. The molecule has 0 radical (unpaired) electrons. The Hall–Kier alpha value is -3.97. The molecule has 170 valence electrons. The lowest BCUT2D eigenvalue weighted by atomic mass is 10.1. The molecule has 34 heavy (non-hydrogen) atoms. The summed E-state index contributed by atoms with van der Waals surface area (Å²) in [5.74, 6) is 0.0521. The first-order chi connectivity index (χ1) is 16.5. The van der Waals surface area contributed by atoms with Crippen molar-refractivity contribution in [1.82, 2.24) is 5.43 Å². The summed E-state index contributed by atoms with van der Waals surface area (Å²) >= 11 is 3.40. The van der Waals surface area contributed by atoms with Crippen LogP contribution in [0.5, 0.6) is 11.5 Å². The van der Waals surface area contributed by atoms with E-state index in [1.54, 1.807) is 30.3 Å². The van der Waals surface area contributed by atoms with Crippen LogP contribution in [0.25, 0.3) is 10.8 Å². The Balaban J connectivity index is 1.40. The smallest absolute Gasteiger partial charge is 0.343 e. The topological polar surface area (TPSA) is 77.0 Å². The number of esters is 1. The molecule has 7 heteroatoms. The summed E-state index contributed by atoms with van der Waals surface area (Å²) in [6.45, 7) is 1.65. The molecule has 4 rings (SSSR count). The summed E-state index contributed by atoms with van der Waals surface area (Å²) in [5.41, 5.74) is 4.26. The zero-order valence-electron chi connectivity index (χ0n) is 18.3. The van der Waals surface area contributed by atoms with Gasteiger partial charge in [0.05, 0.1) is 11.8 Å². The third-order valence-electron chi connectivity index (χ3n) is 5.04. The van der Waals surface area contributed by atoms with Gasteiger partial charge in [0.1, 0.15) is 11.5 Å². The summed E-state index contributed by atoms with van der Waals surface area (Å²) < 4.78 is 12.0. The number of carbonyl (C=O) groups excluding carboxylic acids is 2. The summed E-state index contributed by atoms with van der Waals surface area (Å²) in [5, 5.41) is 5.95. The van der Waals surface area contributed by atoms with Crippen molar-refractivity contribution in [1.29, 1.82) is 0 Å². The van der Waals surface area contributed by atoms with Crippen LogP contribution in [0.4, 0.5) is 0 Å². The number of amides is 1. The minimum Gasteiger partial charge on any atom is -0.483 e. The molecule has 4 aromatic carbocycles. The fraction of sp³-hybridized carbons (Fsp3) is 0.0741. The first-order valence-corrected chi connectivity index (χ1v) is 11.3. The van der Waals surface area contributed by atoms with Crippen LogP contribution in [-0.2, 0) is 4.79 Å². The van der Waals surface area contributed by atoms with Gasteiger partial charge in [0.2, 0.25) is 0 Å². The molecule has 0 bridgehead atoms. The van der Waals surface area contributed by atoms with E-state index >= 15 is 0 Å². The van der Waals surface area contributed by atoms with E-state index in [9.17, 15) is 9.59 Å². The molecule has 0 saturated carbocycles. The Bertz CT molecular complexity index is 1380. The van der Waals surface area contributed by atoms with E-state index in [4.69, 9.17) is 9.47 Å². The fourth-order valence-corrected chi connectivity index (χ4v) is 3.72. The first-order valence-electron chi connectivity index (χ1n) is 10.5. The number of hydrogen-bond acceptors (Lipinski definition) is 5. The molecule has 0 spiro atoms. The van der Waals surface area contributed by atoms with Crippen LogP contribution in [-0.4, -0.2) is 24.7 Å². The van der Waals surface area contributed by atoms with Crippen LogP contribution >= 0.6 is 15.9 Å². The number of rotatable bonds is 7. The van der Waals surface area contributed by atoms with Crippen molar-refractivity contribution in [2.75, 3.05) is 6.61 Å². The Morgan fingerprint density at radius 1 is 0.941 bits per heavy atom. The van der Waals surface area contributed by atoms with E-state index in [0.717, 1.165) is 20.8 Å². The van der Waals surface area contributed by atoms with Gasteiger partial charge in [-0.25, -0.2) is 10.2 Å². The van der Waals surface area contributed by atoms with Gasteiger partial charge in [-0.15, -0.1) is 0 Å². The summed E-state index contributed by atoms with van der Waals surface area (Å²) in [7, 11) is 0. The van der Waals surface area contributed by atoms with Gasteiger partial charge >= 0.3 is 5.97 Å². The highest BCUT2D eigenvalue weighted by molar-refractivity contribution is 9.10. The summed E-state index contributed by atoms with van der Waals surface area (Å²) in [6, 6.07) is 25.8. The van der Waals surface area contributed by atoms with Crippen molar-refractivity contribution in [3.63, 3.8) is 0 Å². The Morgan fingerprint density at radius 2 is 1.71 bits per heavy atom. The maximum absolute atomic E-state index is 12.6. The average molecular weight is 517 g/mol. The third kappa shape index (κ3) is 5.68. The zero-order valence-corrected chi connectivity index (χ0v) is 19.9. The Kier molecular flexibility index (Phi) is 7.34. The van der Waals surface area contributed by atoms with E-state index in [0.29, 0.717) is 22.6 Å². The molecule has 0 aliphatic heterocycles. The Labute approximate surface area is 205 Å². The van der Waals surface area contributed by atoms with E-state index in [-0.39, 0.29) is 6.61 Å². The molecule has 1 amide bonds. The number of hydrogen-bond donors (Lipinski definition) is 1. The van der Waals surface area contributed by atoms with Gasteiger partial charge in [0.15, 0.2) is 6.61 Å². The van der Waals surface area contributed by atoms with E-state index in [1.165, 1.54) is 6.21 Å². The minimum absolute atomic E-state index is 0.195. The van der Waals surface area contributed by atoms with Crippen molar-refractivity contribution in [2.45, 2.75) is 6.92 Å². The van der Waals surface area contributed by atoms with E-state index < -0.39 is 11.9 Å². The van der Waals surface area contributed by atoms with E-state index in [2.05, 4.69) is 26.5 Å². The van der Waals surface area contributed by atoms with Gasteiger partial charge in [0, 0.05) is 15.4 Å². The quantitative estimate of drug-likeness (QED) is 0.149. The molecular formula is C27H21BrN2O4. The highest BCUT2D eigenvalue weighted by Gasteiger charge is 2.13. The molecule has 0 fully saturated rings. The number of nitrogens with one attached hydrogen (secondary N) is 1. The van der Waals surface area contributed by atoms with Gasteiger partial charge in [-0.05, 0) is 48.2 Å². The van der Waals surface area contributed by atoms with Crippen molar-refractivity contribution >= 4 is 44.8 Å². The molecule has 0 unspecified atom stereocenters. The molecule has 0 aliphatic rings. The van der Waals surface area contributed by atoms with Gasteiger partial charge in [-0.2, -0.15) is 5.10 Å². The maximum atomic E-state index is 12.6. The predicted octanol–water partition coefficient (Wildman–Crippen LogP) is 5.66. The second kappa shape index (κ2) is 10.8. The molecule has 0 heterocycles. The average Bonchev–Trinajstić information content (AvgIpc) is 2.84. The van der Waals surface area contributed by atoms with Crippen LogP contribution in [0.1, 0.15) is 21.5 Å². The number of benzene rings is 4. The number of nitrogens with zero attached hydrogens (tertiary/aromatic N) is 1. The van der Waals surface area contributed by atoms with Gasteiger partial charge in [-0.1, -0.05) is 70.5 Å². The lowest BCUT2D eigenvalue weighted by Gasteiger charge is -2.10. The van der Waals surface area contributed by atoms with Gasteiger partial charge in [-0.3, -0.25) is 4.79 Å². The van der Waals surface area contributed by atoms with Crippen molar-refractivity contribution in [2.24, 2.45) is 5.10 Å². The number of hydrazone groups is 1. The number of aryl methyl sites for hydroxylation is 1. The van der Waals surface area contributed by atoms with Crippen molar-refractivity contribution in [3.05, 3.63) is 106 Å². The van der Waals surface area contributed by atoms with Gasteiger partial charge < -0.3 is 9.47 Å². The largest absolute Gasteiger partial charge is 0.483 e. The molecule has 0 aliphatic carbocycles. The van der Waals surface area contributed by atoms with Gasteiger partial charge in [0.25, 0.3) is 5.91 Å². The molecular weight excluding hydrogens is 496 g/mol. The first kappa shape index (κ1) is 23.2. The fourth-order valence-electron chi connectivity index (χ4n) is 3.34. The minimum atomic E-state index is -0.470. The Morgan fingerprint density at radius 3 is 2.56 bits per heavy atom.